The molecule has 0 bridgehead atoms. The summed E-state index contributed by atoms with van der Waals surface area (Å²) in [7, 11) is 0. The number of nitriles is 1. The molecule has 152 valence electrons. The number of carbonyl (C=O) groups excluding carboxylic acids is 1. The minimum Gasteiger partial charge on any atom is -0.490 e. The molecule has 0 atom stereocenters. The second kappa shape index (κ2) is 8.82. The van der Waals surface area contributed by atoms with Gasteiger partial charge in [-0.2, -0.15) is 5.26 Å². The van der Waals surface area contributed by atoms with E-state index in [1.54, 1.807) is 18.2 Å². The Bertz CT molecular complexity index is 1070. The van der Waals surface area contributed by atoms with Gasteiger partial charge in [0.25, 0.3) is 5.91 Å². The maximum Gasteiger partial charge on any atom is 0.254 e. The van der Waals surface area contributed by atoms with Gasteiger partial charge in [0.15, 0.2) is 0 Å². The minimum absolute atomic E-state index is 0.101. The number of ether oxygens (including phenoxy) is 1. The van der Waals surface area contributed by atoms with Crippen LogP contribution in [0.4, 0.5) is 0 Å². The van der Waals surface area contributed by atoms with E-state index < -0.39 is 0 Å². The van der Waals surface area contributed by atoms with Gasteiger partial charge in [0.2, 0.25) is 0 Å². The normalized spacial score (nSPS) is 20.2. The fourth-order valence-corrected chi connectivity index (χ4v) is 4.51. The molecule has 2 aromatic carbocycles. The second-order valence-electron chi connectivity index (χ2n) is 7.83. The first-order valence-corrected chi connectivity index (χ1v) is 10.7. The maximum absolute atomic E-state index is 13.0. The first-order valence-electron chi connectivity index (χ1n) is 10.3. The predicted molar refractivity (Wildman–Crippen MR) is 116 cm³/mol. The number of rotatable bonds is 4. The molecule has 1 heterocycles. The first-order chi connectivity index (χ1) is 14.6. The highest BCUT2D eigenvalue weighted by Crippen LogP contribution is 2.33. The Morgan fingerprint density at radius 2 is 1.97 bits per heavy atom. The molecule has 1 aliphatic carbocycles. The fraction of sp³-hybridized carbons (Fsp3) is 0.360. The Kier molecular flexibility index (Phi) is 5.98. The maximum atomic E-state index is 13.0. The van der Waals surface area contributed by atoms with Gasteiger partial charge in [0.1, 0.15) is 11.8 Å². The molecule has 0 radical (unpaired) electrons. The molecule has 0 N–H and O–H groups in total. The lowest BCUT2D eigenvalue weighted by Gasteiger charge is -2.34. The molecule has 5 heteroatoms. The second-order valence-corrected chi connectivity index (χ2v) is 8.24. The molecule has 4 rings (SSSR count). The summed E-state index contributed by atoms with van der Waals surface area (Å²) >= 11 is 6.10. The minimum atomic E-state index is 0.101. The average molecular weight is 419 g/mol. The van der Waals surface area contributed by atoms with Gasteiger partial charge in [0.05, 0.1) is 16.7 Å². The first kappa shape index (κ1) is 20.3. The zero-order valence-corrected chi connectivity index (χ0v) is 17.7. The largest absolute Gasteiger partial charge is 0.490 e. The monoisotopic (exact) mass is 418 g/mol. The van der Waals surface area contributed by atoms with E-state index in [-0.39, 0.29) is 18.1 Å². The van der Waals surface area contributed by atoms with E-state index in [0.29, 0.717) is 29.3 Å². The number of benzene rings is 2. The molecule has 0 spiro atoms. The number of fused-ring (bicyclic) bond motifs is 1. The molecule has 2 aromatic rings. The van der Waals surface area contributed by atoms with Crippen LogP contribution in [0, 0.1) is 23.2 Å². The molecule has 0 unspecified atom stereocenters. The summed E-state index contributed by atoms with van der Waals surface area (Å²) in [6.45, 7) is 2.52. The van der Waals surface area contributed by atoms with E-state index >= 15 is 0 Å². The van der Waals surface area contributed by atoms with Crippen LogP contribution in [0.1, 0.15) is 59.7 Å². The zero-order chi connectivity index (χ0) is 21.1. The Hall–Kier alpha value is -2.95. The molecular weight excluding hydrogens is 396 g/mol. The summed E-state index contributed by atoms with van der Waals surface area (Å²) < 4.78 is 6.08. The van der Waals surface area contributed by atoms with E-state index in [4.69, 9.17) is 21.6 Å². The van der Waals surface area contributed by atoms with Crippen molar-refractivity contribution in [2.24, 2.45) is 0 Å². The SMILES string of the molecule is CC#CCc1ccc2c(c1)C(=O)N([C@H]1CC[C@H](Oc3ccc(C#N)c(Cl)c3)CC1)C2. The third-order valence-electron chi connectivity index (χ3n) is 5.92. The Balaban J connectivity index is 1.36. The van der Waals surface area contributed by atoms with Gasteiger partial charge in [-0.25, -0.2) is 0 Å². The van der Waals surface area contributed by atoms with E-state index in [0.717, 1.165) is 42.4 Å². The van der Waals surface area contributed by atoms with Crippen LogP contribution in [-0.4, -0.2) is 23.0 Å². The number of amides is 1. The highest BCUT2D eigenvalue weighted by Gasteiger charge is 2.35. The van der Waals surface area contributed by atoms with Crippen LogP contribution in [0.25, 0.3) is 0 Å². The van der Waals surface area contributed by atoms with Gasteiger partial charge in [-0.05, 0) is 61.9 Å². The van der Waals surface area contributed by atoms with E-state index in [1.165, 1.54) is 0 Å². The van der Waals surface area contributed by atoms with Crippen LogP contribution >= 0.6 is 11.6 Å². The van der Waals surface area contributed by atoms with Gasteiger partial charge in [-0.1, -0.05) is 29.7 Å². The quantitative estimate of drug-likeness (QED) is 0.647. The number of halogens is 1. The van der Waals surface area contributed by atoms with Crippen LogP contribution in [0.5, 0.6) is 5.75 Å². The molecule has 1 aliphatic heterocycles. The summed E-state index contributed by atoms with van der Waals surface area (Å²) in [5, 5.41) is 9.40. The lowest BCUT2D eigenvalue weighted by atomic mass is 9.92. The van der Waals surface area contributed by atoms with Gasteiger partial charge in [-0.3, -0.25) is 4.79 Å². The fourth-order valence-electron chi connectivity index (χ4n) is 4.29. The highest BCUT2D eigenvalue weighted by molar-refractivity contribution is 6.31. The average Bonchev–Trinajstić information content (AvgIpc) is 3.09. The van der Waals surface area contributed by atoms with Crippen molar-refractivity contribution >= 4 is 17.5 Å². The highest BCUT2D eigenvalue weighted by atomic mass is 35.5. The van der Waals surface area contributed by atoms with Crippen molar-refractivity contribution in [1.82, 2.24) is 4.90 Å². The van der Waals surface area contributed by atoms with Gasteiger partial charge in [-0.15, -0.1) is 5.92 Å². The smallest absolute Gasteiger partial charge is 0.254 e. The van der Waals surface area contributed by atoms with Crippen LogP contribution in [0.15, 0.2) is 36.4 Å². The summed E-state index contributed by atoms with van der Waals surface area (Å²) in [5.41, 5.74) is 3.48. The summed E-state index contributed by atoms with van der Waals surface area (Å²) in [6, 6.07) is 13.6. The number of hydrogen-bond acceptors (Lipinski definition) is 3. The Morgan fingerprint density at radius 1 is 1.17 bits per heavy atom. The lowest BCUT2D eigenvalue weighted by Crippen LogP contribution is -2.40. The third-order valence-corrected chi connectivity index (χ3v) is 6.24. The van der Waals surface area contributed by atoms with Crippen LogP contribution in [0.2, 0.25) is 5.02 Å². The predicted octanol–water partition coefficient (Wildman–Crippen LogP) is 5.12. The van der Waals surface area contributed by atoms with Crippen LogP contribution < -0.4 is 4.74 Å². The van der Waals surface area contributed by atoms with Gasteiger partial charge in [0, 0.05) is 30.6 Å². The van der Waals surface area contributed by atoms with Crippen LogP contribution in [-0.2, 0) is 13.0 Å². The molecule has 1 fully saturated rings. The van der Waals surface area contributed by atoms with Crippen molar-refractivity contribution in [2.45, 2.75) is 57.7 Å². The van der Waals surface area contributed by atoms with E-state index in [2.05, 4.69) is 30.0 Å². The van der Waals surface area contributed by atoms with Crippen molar-refractivity contribution in [3.8, 4) is 23.7 Å². The van der Waals surface area contributed by atoms with Crippen molar-refractivity contribution in [1.29, 1.82) is 5.26 Å². The zero-order valence-electron chi connectivity index (χ0n) is 17.0. The number of hydrogen-bond donors (Lipinski definition) is 0. The molecule has 2 aliphatic rings. The van der Waals surface area contributed by atoms with E-state index in [9.17, 15) is 4.79 Å². The summed E-state index contributed by atoms with van der Waals surface area (Å²) in [5.74, 6) is 6.80. The Morgan fingerprint density at radius 3 is 2.67 bits per heavy atom. The van der Waals surface area contributed by atoms with Crippen molar-refractivity contribution in [3.63, 3.8) is 0 Å². The molecule has 1 amide bonds. The topological polar surface area (TPSA) is 53.3 Å². The summed E-state index contributed by atoms with van der Waals surface area (Å²) in [6.07, 6.45) is 4.40. The molecule has 0 saturated heterocycles. The van der Waals surface area contributed by atoms with Crippen molar-refractivity contribution in [2.75, 3.05) is 0 Å². The van der Waals surface area contributed by atoms with Gasteiger partial charge >= 0.3 is 0 Å². The molecular formula is C25H23ClN2O2. The van der Waals surface area contributed by atoms with Gasteiger partial charge < -0.3 is 9.64 Å². The number of nitrogens with zero attached hydrogens (tertiary/aromatic N) is 2. The molecule has 4 nitrogen and oxygen atoms in total. The van der Waals surface area contributed by atoms with Crippen LogP contribution in [0.3, 0.4) is 0 Å². The van der Waals surface area contributed by atoms with Crippen molar-refractivity contribution in [3.05, 3.63) is 63.7 Å². The third kappa shape index (κ3) is 4.16. The standard InChI is InChI=1S/C25H23ClN2O2/c1-2-3-4-17-5-6-19-16-28(25(29)23(19)13-17)20-8-11-21(12-9-20)30-22-10-7-18(15-27)24(26)14-22/h5-7,10,13-14,20-21H,4,8-9,11-12,16H2,1H3/t20-,21-. The van der Waals surface area contributed by atoms with Crippen molar-refractivity contribution < 1.29 is 9.53 Å². The lowest BCUT2D eigenvalue weighted by molar-refractivity contribution is 0.0561. The number of carbonyl (C=O) groups is 1. The Labute approximate surface area is 182 Å². The molecule has 30 heavy (non-hydrogen) atoms. The summed E-state index contributed by atoms with van der Waals surface area (Å²) in [4.78, 5) is 15.0. The van der Waals surface area contributed by atoms with E-state index in [1.807, 2.05) is 17.9 Å². The molecule has 0 aromatic heterocycles. The molecule has 1 saturated carbocycles.